The van der Waals surface area contributed by atoms with Crippen LogP contribution in [-0.4, -0.2) is 32.0 Å². The Hall–Kier alpha value is -4.66. The van der Waals surface area contributed by atoms with Crippen molar-refractivity contribution in [2.45, 2.75) is 6.54 Å². The first-order chi connectivity index (χ1) is 17.0. The van der Waals surface area contributed by atoms with Crippen LogP contribution in [0.3, 0.4) is 0 Å². The van der Waals surface area contributed by atoms with Gasteiger partial charge < -0.3 is 4.74 Å². The molecule has 35 heavy (non-hydrogen) atoms. The Bertz CT molecular complexity index is 1690. The zero-order valence-corrected chi connectivity index (χ0v) is 19.6. The SMILES string of the molecule is COc1ccc(/C=N\Nc2nc3c(c(=O)n(C)c(=O)n3C)n2Cc2cccc3ccccc23)cc1. The number of imidazole rings is 1. The highest BCUT2D eigenvalue weighted by Crippen LogP contribution is 2.23. The van der Waals surface area contributed by atoms with Crippen molar-refractivity contribution in [2.75, 3.05) is 12.5 Å². The number of nitrogens with zero attached hydrogens (tertiary/aromatic N) is 5. The number of anilines is 1. The number of aryl methyl sites for hydroxylation is 1. The molecular weight excluding hydrogens is 444 g/mol. The smallest absolute Gasteiger partial charge is 0.332 e. The minimum absolute atomic E-state index is 0.292. The maximum absolute atomic E-state index is 13.2. The molecule has 0 aliphatic heterocycles. The number of hydrogen-bond acceptors (Lipinski definition) is 6. The number of benzene rings is 3. The van der Waals surface area contributed by atoms with Gasteiger partial charge in [0, 0.05) is 14.1 Å². The van der Waals surface area contributed by atoms with E-state index in [4.69, 9.17) is 4.74 Å². The first-order valence-corrected chi connectivity index (χ1v) is 11.0. The second-order valence-corrected chi connectivity index (χ2v) is 8.18. The topological polar surface area (TPSA) is 95.4 Å². The Morgan fingerprint density at radius 1 is 0.971 bits per heavy atom. The molecule has 5 rings (SSSR count). The molecule has 0 fully saturated rings. The molecule has 0 saturated carbocycles. The lowest BCUT2D eigenvalue weighted by Gasteiger charge is -2.11. The van der Waals surface area contributed by atoms with Crippen LogP contribution in [0.5, 0.6) is 5.75 Å². The van der Waals surface area contributed by atoms with Gasteiger partial charge in [0.1, 0.15) is 5.75 Å². The van der Waals surface area contributed by atoms with Crippen molar-refractivity contribution in [3.63, 3.8) is 0 Å². The van der Waals surface area contributed by atoms with E-state index in [0.717, 1.165) is 32.2 Å². The Labute approximate surface area is 200 Å². The molecule has 9 nitrogen and oxygen atoms in total. The molecule has 0 radical (unpaired) electrons. The maximum atomic E-state index is 13.2. The number of aromatic nitrogens is 4. The van der Waals surface area contributed by atoms with Crippen molar-refractivity contribution >= 4 is 34.1 Å². The van der Waals surface area contributed by atoms with Crippen LogP contribution < -0.4 is 21.4 Å². The molecule has 0 aliphatic carbocycles. The molecule has 0 aliphatic rings. The van der Waals surface area contributed by atoms with Crippen molar-refractivity contribution in [3.05, 3.63) is 98.7 Å². The van der Waals surface area contributed by atoms with Crippen molar-refractivity contribution in [1.29, 1.82) is 0 Å². The second-order valence-electron chi connectivity index (χ2n) is 8.18. The number of hydrogen-bond donors (Lipinski definition) is 1. The van der Waals surface area contributed by atoms with Gasteiger partial charge >= 0.3 is 5.69 Å². The number of rotatable bonds is 6. The molecule has 0 bridgehead atoms. The molecule has 3 aromatic carbocycles. The molecule has 9 heteroatoms. The molecular formula is C26H24N6O3. The van der Waals surface area contributed by atoms with Crippen LogP contribution in [0, 0.1) is 0 Å². The summed E-state index contributed by atoms with van der Waals surface area (Å²) in [6.07, 6.45) is 1.65. The van der Waals surface area contributed by atoms with Crippen LogP contribution in [0.1, 0.15) is 11.1 Å². The van der Waals surface area contributed by atoms with E-state index in [1.54, 1.807) is 24.9 Å². The second kappa shape index (κ2) is 8.94. The zero-order chi connectivity index (χ0) is 24.5. The summed E-state index contributed by atoms with van der Waals surface area (Å²) in [5.41, 5.74) is 4.60. The van der Waals surface area contributed by atoms with Crippen molar-refractivity contribution in [1.82, 2.24) is 18.7 Å². The lowest BCUT2D eigenvalue weighted by atomic mass is 10.0. The Balaban J connectivity index is 1.62. The van der Waals surface area contributed by atoms with E-state index in [2.05, 4.69) is 15.5 Å². The minimum Gasteiger partial charge on any atom is -0.497 e. The predicted octanol–water partition coefficient (Wildman–Crippen LogP) is 3.09. The highest BCUT2D eigenvalue weighted by Gasteiger charge is 2.19. The van der Waals surface area contributed by atoms with Crippen molar-refractivity contribution < 1.29 is 4.74 Å². The molecule has 5 aromatic rings. The molecule has 0 atom stereocenters. The van der Waals surface area contributed by atoms with E-state index in [-0.39, 0.29) is 0 Å². The fourth-order valence-electron chi connectivity index (χ4n) is 4.14. The van der Waals surface area contributed by atoms with Gasteiger partial charge in [0.2, 0.25) is 5.95 Å². The van der Waals surface area contributed by atoms with Gasteiger partial charge in [-0.25, -0.2) is 10.2 Å². The summed E-state index contributed by atoms with van der Waals surface area (Å²) in [6.45, 7) is 0.367. The lowest BCUT2D eigenvalue weighted by Crippen LogP contribution is -2.37. The fourth-order valence-corrected chi connectivity index (χ4v) is 4.14. The van der Waals surface area contributed by atoms with E-state index >= 15 is 0 Å². The molecule has 2 heterocycles. The Kier molecular flexibility index (Phi) is 5.66. The molecule has 0 amide bonds. The van der Waals surface area contributed by atoms with Crippen LogP contribution >= 0.6 is 0 Å². The standard InChI is InChI=1S/C26H24N6O3/c1-30-23-22(24(33)31(2)26(30)34)32(16-19-9-6-8-18-7-4-5-10-21(18)19)25(28-23)29-27-15-17-11-13-20(35-3)14-12-17/h4-15H,16H2,1-3H3,(H,28,29)/b27-15-. The molecule has 176 valence electrons. The van der Waals surface area contributed by atoms with E-state index in [9.17, 15) is 9.59 Å². The maximum Gasteiger partial charge on any atom is 0.332 e. The van der Waals surface area contributed by atoms with Gasteiger partial charge in [-0.15, -0.1) is 0 Å². The summed E-state index contributed by atoms with van der Waals surface area (Å²) in [7, 11) is 4.68. The Morgan fingerprint density at radius 3 is 2.49 bits per heavy atom. The van der Waals surface area contributed by atoms with Gasteiger partial charge in [-0.3, -0.25) is 18.5 Å². The first-order valence-electron chi connectivity index (χ1n) is 11.0. The third kappa shape index (κ3) is 3.97. The number of methoxy groups -OCH3 is 1. The van der Waals surface area contributed by atoms with Gasteiger partial charge in [0.25, 0.3) is 5.56 Å². The molecule has 1 N–H and O–H groups in total. The number of hydrazone groups is 1. The zero-order valence-electron chi connectivity index (χ0n) is 19.6. The normalized spacial score (nSPS) is 11.5. The monoisotopic (exact) mass is 468 g/mol. The molecule has 0 unspecified atom stereocenters. The third-order valence-corrected chi connectivity index (χ3v) is 6.05. The van der Waals surface area contributed by atoms with Gasteiger partial charge in [-0.05, 0) is 46.2 Å². The van der Waals surface area contributed by atoms with Gasteiger partial charge in [-0.2, -0.15) is 10.1 Å². The highest BCUT2D eigenvalue weighted by atomic mass is 16.5. The van der Waals surface area contributed by atoms with E-state index in [1.807, 2.05) is 66.7 Å². The van der Waals surface area contributed by atoms with E-state index < -0.39 is 11.2 Å². The predicted molar refractivity (Wildman–Crippen MR) is 137 cm³/mol. The summed E-state index contributed by atoms with van der Waals surface area (Å²) in [5.74, 6) is 1.11. The van der Waals surface area contributed by atoms with Crippen molar-refractivity contribution in [3.8, 4) is 5.75 Å². The molecule has 2 aromatic heterocycles. The summed E-state index contributed by atoms with van der Waals surface area (Å²) in [6, 6.07) is 21.6. The quantitative estimate of drug-likeness (QED) is 0.305. The van der Waals surface area contributed by atoms with Gasteiger partial charge in [0.05, 0.1) is 19.9 Å². The fraction of sp³-hybridized carbons (Fsp3) is 0.154. The van der Waals surface area contributed by atoms with Crippen LogP contribution in [0.15, 0.2) is 81.4 Å². The minimum atomic E-state index is -0.439. The number of fused-ring (bicyclic) bond motifs is 2. The average molecular weight is 469 g/mol. The summed E-state index contributed by atoms with van der Waals surface area (Å²) >= 11 is 0. The summed E-state index contributed by atoms with van der Waals surface area (Å²) in [5, 5.41) is 6.51. The molecule has 0 spiro atoms. The van der Waals surface area contributed by atoms with Crippen LogP contribution in [0.2, 0.25) is 0 Å². The van der Waals surface area contributed by atoms with Gasteiger partial charge in [-0.1, -0.05) is 42.5 Å². The average Bonchev–Trinajstić information content (AvgIpc) is 3.25. The van der Waals surface area contributed by atoms with Crippen molar-refractivity contribution in [2.24, 2.45) is 19.2 Å². The van der Waals surface area contributed by atoms with Gasteiger partial charge in [0.15, 0.2) is 11.2 Å². The van der Waals surface area contributed by atoms with Crippen LogP contribution in [0.4, 0.5) is 5.95 Å². The van der Waals surface area contributed by atoms with E-state index in [0.29, 0.717) is 23.7 Å². The first kappa shape index (κ1) is 22.1. The van der Waals surface area contributed by atoms with Crippen LogP contribution in [0.25, 0.3) is 21.9 Å². The number of nitrogens with one attached hydrogen (secondary N) is 1. The van der Waals surface area contributed by atoms with E-state index in [1.165, 1.54) is 11.6 Å². The summed E-state index contributed by atoms with van der Waals surface area (Å²) < 4.78 is 9.42. The highest BCUT2D eigenvalue weighted by molar-refractivity contribution is 5.86. The molecule has 0 saturated heterocycles. The number of ether oxygens (including phenoxy) is 1. The third-order valence-electron chi connectivity index (χ3n) is 6.05. The Morgan fingerprint density at radius 2 is 1.71 bits per heavy atom. The van der Waals surface area contributed by atoms with Crippen LogP contribution in [-0.2, 0) is 20.6 Å². The lowest BCUT2D eigenvalue weighted by molar-refractivity contribution is 0.415. The summed E-state index contributed by atoms with van der Waals surface area (Å²) in [4.78, 5) is 30.3. The largest absolute Gasteiger partial charge is 0.497 e.